The Labute approximate surface area is 175 Å². The number of nitrogens with one attached hydrogen (secondary N) is 2. The Bertz CT molecular complexity index is 787. The number of hydrogen-bond donors (Lipinski definition) is 2. The second-order valence-electron chi connectivity index (χ2n) is 9.27. The molecule has 1 aromatic rings. The molecule has 4 aliphatic rings. The maximum atomic E-state index is 13.2. The van der Waals surface area contributed by atoms with E-state index in [9.17, 15) is 19.7 Å². The number of amides is 2. The molecular weight excluding hydrogens is 386 g/mol. The molecule has 0 aliphatic heterocycles. The predicted octanol–water partition coefficient (Wildman–Crippen LogP) is 2.67. The van der Waals surface area contributed by atoms with E-state index in [1.54, 1.807) is 7.11 Å². The van der Waals surface area contributed by atoms with Gasteiger partial charge in [-0.05, 0) is 68.4 Å². The van der Waals surface area contributed by atoms with E-state index in [1.165, 1.54) is 43.5 Å². The highest BCUT2D eigenvalue weighted by molar-refractivity contribution is 5.98. The normalized spacial score (nSPS) is 30.0. The van der Waals surface area contributed by atoms with Crippen molar-refractivity contribution in [1.82, 2.24) is 10.6 Å². The molecule has 0 radical (unpaired) electrons. The number of benzene rings is 1. The molecule has 0 heterocycles. The first kappa shape index (κ1) is 20.8. The third-order valence-corrected chi connectivity index (χ3v) is 7.18. The van der Waals surface area contributed by atoms with Gasteiger partial charge in [-0.3, -0.25) is 19.7 Å². The minimum absolute atomic E-state index is 0.0681. The molecule has 0 saturated heterocycles. The molecule has 4 fully saturated rings. The van der Waals surface area contributed by atoms with Gasteiger partial charge < -0.3 is 15.4 Å². The van der Waals surface area contributed by atoms with Crippen molar-refractivity contribution in [2.75, 3.05) is 20.3 Å². The highest BCUT2D eigenvalue weighted by atomic mass is 16.6. The van der Waals surface area contributed by atoms with Crippen LogP contribution in [0.15, 0.2) is 24.3 Å². The molecule has 0 aromatic heterocycles. The van der Waals surface area contributed by atoms with E-state index in [0.717, 1.165) is 19.3 Å². The average Bonchev–Trinajstić information content (AvgIpc) is 2.71. The maximum Gasteiger partial charge on any atom is 0.269 e. The summed E-state index contributed by atoms with van der Waals surface area (Å²) in [7, 11) is 1.58. The van der Waals surface area contributed by atoms with Gasteiger partial charge in [0, 0.05) is 36.8 Å². The van der Waals surface area contributed by atoms with Crippen LogP contribution in [-0.4, -0.2) is 43.0 Å². The summed E-state index contributed by atoms with van der Waals surface area (Å²) in [5.41, 5.74) is 0.0454. The van der Waals surface area contributed by atoms with Crippen LogP contribution in [0.1, 0.15) is 48.9 Å². The number of methoxy groups -OCH3 is 1. The van der Waals surface area contributed by atoms with Gasteiger partial charge in [0.15, 0.2) is 0 Å². The van der Waals surface area contributed by atoms with Crippen molar-refractivity contribution >= 4 is 17.5 Å². The molecule has 1 atom stereocenters. The van der Waals surface area contributed by atoms with Gasteiger partial charge in [-0.2, -0.15) is 0 Å². The Morgan fingerprint density at radius 3 is 2.20 bits per heavy atom. The van der Waals surface area contributed by atoms with Gasteiger partial charge in [-0.15, -0.1) is 0 Å². The Kier molecular flexibility index (Phi) is 5.77. The summed E-state index contributed by atoms with van der Waals surface area (Å²) in [6.45, 7) is 0.807. The van der Waals surface area contributed by atoms with Crippen LogP contribution >= 0.6 is 0 Å². The van der Waals surface area contributed by atoms with Crippen LogP contribution in [0.2, 0.25) is 0 Å². The molecular formula is C22H29N3O5. The second-order valence-corrected chi connectivity index (χ2v) is 9.27. The standard InChI is InChI=1S/C22H29N3O5/c1-30-7-6-23-21(27)19(22-11-14-8-15(12-22)10-16(9-14)13-22)24-20(26)17-2-4-18(5-3-17)25(28)29/h2-5,14-16,19H,6-13H2,1H3,(H,23,27)(H,24,26). The lowest BCUT2D eigenvalue weighted by Crippen LogP contribution is -2.62. The number of ether oxygens (including phenoxy) is 1. The molecule has 2 amide bonds. The molecule has 8 heteroatoms. The molecule has 4 aliphatic carbocycles. The van der Waals surface area contributed by atoms with Crippen molar-refractivity contribution in [3.8, 4) is 0 Å². The van der Waals surface area contributed by atoms with Crippen LogP contribution in [0.5, 0.6) is 0 Å². The quantitative estimate of drug-likeness (QED) is 0.385. The first-order valence-corrected chi connectivity index (χ1v) is 10.7. The van der Waals surface area contributed by atoms with Crippen molar-refractivity contribution in [1.29, 1.82) is 0 Å². The first-order valence-electron chi connectivity index (χ1n) is 10.7. The average molecular weight is 415 g/mol. The lowest BCUT2D eigenvalue weighted by molar-refractivity contribution is -0.384. The zero-order valence-electron chi connectivity index (χ0n) is 17.3. The highest BCUT2D eigenvalue weighted by Crippen LogP contribution is 2.61. The number of carbonyl (C=O) groups is 2. The topological polar surface area (TPSA) is 111 Å². The van der Waals surface area contributed by atoms with Crippen molar-refractivity contribution in [2.24, 2.45) is 23.2 Å². The van der Waals surface area contributed by atoms with Crippen molar-refractivity contribution in [2.45, 2.75) is 44.6 Å². The van der Waals surface area contributed by atoms with Gasteiger partial charge in [0.25, 0.3) is 11.6 Å². The van der Waals surface area contributed by atoms with Crippen LogP contribution in [-0.2, 0) is 9.53 Å². The molecule has 2 N–H and O–H groups in total. The summed E-state index contributed by atoms with van der Waals surface area (Å²) in [6, 6.07) is 4.89. The van der Waals surface area contributed by atoms with Crippen LogP contribution < -0.4 is 10.6 Å². The summed E-state index contributed by atoms with van der Waals surface area (Å²) in [6.07, 6.45) is 6.65. The number of carbonyl (C=O) groups excluding carboxylic acids is 2. The molecule has 162 valence electrons. The number of nitro groups is 1. The molecule has 8 nitrogen and oxygen atoms in total. The van der Waals surface area contributed by atoms with E-state index in [0.29, 0.717) is 36.5 Å². The number of nitro benzene ring substituents is 1. The summed E-state index contributed by atoms with van der Waals surface area (Å²) < 4.78 is 5.05. The van der Waals surface area contributed by atoms with Crippen molar-refractivity contribution < 1.29 is 19.2 Å². The summed E-state index contributed by atoms with van der Waals surface area (Å²) >= 11 is 0. The molecule has 5 rings (SSSR count). The van der Waals surface area contributed by atoms with E-state index in [4.69, 9.17) is 4.74 Å². The Morgan fingerprint density at radius 1 is 1.13 bits per heavy atom. The molecule has 30 heavy (non-hydrogen) atoms. The second kappa shape index (κ2) is 8.34. The lowest BCUT2D eigenvalue weighted by atomic mass is 9.47. The van der Waals surface area contributed by atoms with E-state index in [1.807, 2.05) is 0 Å². The third-order valence-electron chi connectivity index (χ3n) is 7.18. The predicted molar refractivity (Wildman–Crippen MR) is 110 cm³/mol. The van der Waals surface area contributed by atoms with Gasteiger partial charge in [-0.1, -0.05) is 0 Å². The van der Waals surface area contributed by atoms with Crippen LogP contribution in [0.3, 0.4) is 0 Å². The van der Waals surface area contributed by atoms with Crippen molar-refractivity contribution in [3.05, 3.63) is 39.9 Å². The number of non-ortho nitro benzene ring substituents is 1. The molecule has 1 unspecified atom stereocenters. The Balaban J connectivity index is 1.55. The molecule has 4 bridgehead atoms. The summed E-state index contributed by atoms with van der Waals surface area (Å²) in [5, 5.41) is 16.8. The maximum absolute atomic E-state index is 13.2. The molecule has 0 spiro atoms. The number of rotatable bonds is 8. The zero-order chi connectivity index (χ0) is 21.3. The van der Waals surface area contributed by atoms with Gasteiger partial charge in [0.1, 0.15) is 6.04 Å². The van der Waals surface area contributed by atoms with E-state index >= 15 is 0 Å². The smallest absolute Gasteiger partial charge is 0.269 e. The Hall–Kier alpha value is -2.48. The monoisotopic (exact) mass is 415 g/mol. The zero-order valence-corrected chi connectivity index (χ0v) is 17.3. The highest BCUT2D eigenvalue weighted by Gasteiger charge is 2.56. The van der Waals surface area contributed by atoms with Crippen LogP contribution in [0, 0.1) is 33.3 Å². The van der Waals surface area contributed by atoms with E-state index in [-0.39, 0.29) is 22.9 Å². The van der Waals surface area contributed by atoms with Crippen molar-refractivity contribution in [3.63, 3.8) is 0 Å². The van der Waals surface area contributed by atoms with E-state index in [2.05, 4.69) is 10.6 Å². The van der Waals surface area contributed by atoms with Crippen LogP contribution in [0.4, 0.5) is 5.69 Å². The summed E-state index contributed by atoms with van der Waals surface area (Å²) in [5.74, 6) is 1.39. The largest absolute Gasteiger partial charge is 0.383 e. The number of nitrogens with zero attached hydrogens (tertiary/aromatic N) is 1. The fourth-order valence-corrected chi connectivity index (χ4v) is 6.36. The lowest BCUT2D eigenvalue weighted by Gasteiger charge is -2.58. The first-order chi connectivity index (χ1) is 14.4. The van der Waals surface area contributed by atoms with Crippen LogP contribution in [0.25, 0.3) is 0 Å². The fourth-order valence-electron chi connectivity index (χ4n) is 6.36. The SMILES string of the molecule is COCCNC(=O)C(NC(=O)c1ccc([N+](=O)[O-])cc1)C12CC3CC(CC(C3)C1)C2. The third kappa shape index (κ3) is 4.05. The molecule has 1 aromatic carbocycles. The van der Waals surface area contributed by atoms with Gasteiger partial charge in [0.2, 0.25) is 5.91 Å². The number of hydrogen-bond acceptors (Lipinski definition) is 5. The summed E-state index contributed by atoms with van der Waals surface area (Å²) in [4.78, 5) is 36.5. The minimum atomic E-state index is -0.606. The van der Waals surface area contributed by atoms with E-state index < -0.39 is 11.0 Å². The minimum Gasteiger partial charge on any atom is -0.383 e. The van der Waals surface area contributed by atoms with Gasteiger partial charge in [-0.25, -0.2) is 0 Å². The molecule has 4 saturated carbocycles. The van der Waals surface area contributed by atoms with Gasteiger partial charge in [0.05, 0.1) is 11.5 Å². The Morgan fingerprint density at radius 2 is 1.70 bits per heavy atom. The fraction of sp³-hybridized carbons (Fsp3) is 0.636. The van der Waals surface area contributed by atoms with Gasteiger partial charge >= 0.3 is 0 Å².